The summed E-state index contributed by atoms with van der Waals surface area (Å²) in [5, 5.41) is 2.25. The van der Waals surface area contributed by atoms with Gasteiger partial charge in [-0.2, -0.15) is 0 Å². The van der Waals surface area contributed by atoms with Crippen LogP contribution in [0.25, 0.3) is 0 Å². The molecule has 0 fully saturated rings. The first-order valence-corrected chi connectivity index (χ1v) is 5.76. The van der Waals surface area contributed by atoms with Crippen LogP contribution in [0, 0.1) is 0 Å². The molecule has 1 amide bonds. The first-order chi connectivity index (χ1) is 6.91. The molecule has 0 saturated carbocycles. The van der Waals surface area contributed by atoms with Gasteiger partial charge in [-0.15, -0.1) is 11.6 Å². The summed E-state index contributed by atoms with van der Waals surface area (Å²) in [6, 6.07) is 0. The van der Waals surface area contributed by atoms with Gasteiger partial charge in [0.15, 0.2) is 6.23 Å². The third-order valence-electron chi connectivity index (χ3n) is 1.18. The Kier molecular flexibility index (Phi) is 7.83. The minimum absolute atomic E-state index is 0.145. The van der Waals surface area contributed by atoms with E-state index >= 15 is 0 Å². The van der Waals surface area contributed by atoms with Crippen LogP contribution in [0.4, 0.5) is 4.79 Å². The molecule has 0 radical (unpaired) electrons. The fourth-order valence-corrected chi connectivity index (χ4v) is 1.10. The molecule has 0 aromatic carbocycles. The highest BCUT2D eigenvalue weighted by Crippen LogP contribution is 2.30. The van der Waals surface area contributed by atoms with Crippen LogP contribution in [0.3, 0.4) is 0 Å². The summed E-state index contributed by atoms with van der Waals surface area (Å²) in [6.07, 6.45) is -1.82. The molecule has 8 heteroatoms. The molecular weight excluding hydrogens is 288 g/mol. The van der Waals surface area contributed by atoms with Crippen molar-refractivity contribution in [1.29, 1.82) is 0 Å². The highest BCUT2D eigenvalue weighted by atomic mass is 35.6. The summed E-state index contributed by atoms with van der Waals surface area (Å²) in [6.45, 7) is 2.02. The van der Waals surface area contributed by atoms with E-state index in [1.807, 2.05) is 0 Å². The molecule has 15 heavy (non-hydrogen) atoms. The number of carbonyl (C=O) groups is 1. The number of hydrogen-bond donors (Lipinski definition) is 1. The first kappa shape index (κ1) is 15.4. The lowest BCUT2D eigenvalue weighted by molar-refractivity contribution is 0.0377. The Morgan fingerprint density at radius 1 is 1.47 bits per heavy atom. The SMILES string of the molecule is CCOC(=O)N[C@H](OCCCl)C(Cl)(Cl)Cl. The van der Waals surface area contributed by atoms with Crippen molar-refractivity contribution in [1.82, 2.24) is 5.32 Å². The maximum Gasteiger partial charge on any atom is 0.409 e. The second-order valence-electron chi connectivity index (χ2n) is 2.35. The predicted octanol–water partition coefficient (Wildman–Crippen LogP) is 2.68. The fourth-order valence-electron chi connectivity index (χ4n) is 0.660. The standard InChI is InChI=1S/C7H11Cl4NO3/c1-2-14-6(13)12-5(7(9,10)11)15-4-3-8/h5H,2-4H2,1H3,(H,12,13)/t5-/m1/s1. The predicted molar refractivity (Wildman–Crippen MR) is 60.9 cm³/mol. The van der Waals surface area contributed by atoms with Gasteiger partial charge in [-0.05, 0) is 6.92 Å². The van der Waals surface area contributed by atoms with Crippen molar-refractivity contribution < 1.29 is 14.3 Å². The van der Waals surface area contributed by atoms with E-state index in [0.717, 1.165) is 0 Å². The van der Waals surface area contributed by atoms with Crippen molar-refractivity contribution in [3.8, 4) is 0 Å². The third kappa shape index (κ3) is 7.30. The Morgan fingerprint density at radius 3 is 2.47 bits per heavy atom. The van der Waals surface area contributed by atoms with Gasteiger partial charge < -0.3 is 9.47 Å². The van der Waals surface area contributed by atoms with E-state index in [2.05, 4.69) is 10.1 Å². The van der Waals surface area contributed by atoms with Crippen molar-refractivity contribution in [2.24, 2.45) is 0 Å². The largest absolute Gasteiger partial charge is 0.450 e. The highest BCUT2D eigenvalue weighted by Gasteiger charge is 2.35. The number of alkyl halides is 4. The van der Waals surface area contributed by atoms with Gasteiger partial charge in [0.25, 0.3) is 0 Å². The van der Waals surface area contributed by atoms with Gasteiger partial charge in [0.1, 0.15) is 0 Å². The summed E-state index contributed by atoms with van der Waals surface area (Å²) in [4.78, 5) is 11.0. The first-order valence-electron chi connectivity index (χ1n) is 4.09. The molecule has 0 aliphatic heterocycles. The number of nitrogens with one attached hydrogen (secondary N) is 1. The Labute approximate surface area is 108 Å². The quantitative estimate of drug-likeness (QED) is 0.627. The molecule has 0 aromatic heterocycles. The van der Waals surface area contributed by atoms with E-state index in [0.29, 0.717) is 0 Å². The van der Waals surface area contributed by atoms with E-state index < -0.39 is 16.1 Å². The van der Waals surface area contributed by atoms with Crippen LogP contribution in [-0.4, -0.2) is 35.2 Å². The molecule has 0 saturated heterocycles. The normalized spacial score (nSPS) is 13.4. The molecule has 0 unspecified atom stereocenters. The van der Waals surface area contributed by atoms with Crippen molar-refractivity contribution in [3.05, 3.63) is 0 Å². The summed E-state index contributed by atoms with van der Waals surface area (Å²) >= 11 is 22.1. The Morgan fingerprint density at radius 2 is 2.07 bits per heavy atom. The van der Waals surface area contributed by atoms with E-state index in [1.165, 1.54) is 0 Å². The van der Waals surface area contributed by atoms with Crippen LogP contribution >= 0.6 is 46.4 Å². The number of rotatable bonds is 5. The second-order valence-corrected chi connectivity index (χ2v) is 5.09. The zero-order valence-electron chi connectivity index (χ0n) is 7.94. The van der Waals surface area contributed by atoms with Gasteiger partial charge in [-0.25, -0.2) is 4.79 Å². The molecular formula is C7H11Cl4NO3. The number of ether oxygens (including phenoxy) is 2. The van der Waals surface area contributed by atoms with Gasteiger partial charge in [0.05, 0.1) is 13.2 Å². The van der Waals surface area contributed by atoms with Crippen LogP contribution in [0.15, 0.2) is 0 Å². The van der Waals surface area contributed by atoms with Gasteiger partial charge in [-0.3, -0.25) is 5.32 Å². The molecule has 0 aromatic rings. The molecule has 1 N–H and O–H groups in total. The number of halogens is 4. The molecule has 0 aliphatic carbocycles. The average molecular weight is 299 g/mol. The number of hydrogen-bond acceptors (Lipinski definition) is 3. The van der Waals surface area contributed by atoms with Crippen LogP contribution in [0.1, 0.15) is 6.92 Å². The molecule has 4 nitrogen and oxygen atoms in total. The fraction of sp³-hybridized carbons (Fsp3) is 0.857. The van der Waals surface area contributed by atoms with E-state index in [1.54, 1.807) is 6.92 Å². The Hall–Kier alpha value is 0.390. The molecule has 0 heterocycles. The Balaban J connectivity index is 4.18. The molecule has 0 bridgehead atoms. The second kappa shape index (κ2) is 7.63. The summed E-state index contributed by atoms with van der Waals surface area (Å²) < 4.78 is 7.86. The van der Waals surface area contributed by atoms with Crippen molar-refractivity contribution in [3.63, 3.8) is 0 Å². The van der Waals surface area contributed by atoms with E-state index in [4.69, 9.17) is 51.1 Å². The van der Waals surface area contributed by atoms with Crippen molar-refractivity contribution in [2.45, 2.75) is 16.9 Å². The van der Waals surface area contributed by atoms with Crippen LogP contribution in [0.5, 0.6) is 0 Å². The summed E-state index contributed by atoms with van der Waals surface area (Å²) in [5.74, 6) is 0.224. The van der Waals surface area contributed by atoms with Crippen LogP contribution < -0.4 is 5.32 Å². The van der Waals surface area contributed by atoms with Crippen molar-refractivity contribution in [2.75, 3.05) is 19.1 Å². The maximum absolute atomic E-state index is 11.0. The lowest BCUT2D eigenvalue weighted by Crippen LogP contribution is -2.46. The number of carbonyl (C=O) groups excluding carboxylic acids is 1. The monoisotopic (exact) mass is 297 g/mol. The number of alkyl carbamates (subject to hydrolysis) is 1. The molecule has 90 valence electrons. The average Bonchev–Trinajstić information content (AvgIpc) is 2.10. The van der Waals surface area contributed by atoms with E-state index in [9.17, 15) is 4.79 Å². The molecule has 1 atom stereocenters. The zero-order chi connectivity index (χ0) is 11.9. The van der Waals surface area contributed by atoms with Crippen LogP contribution in [0.2, 0.25) is 0 Å². The lowest BCUT2D eigenvalue weighted by atomic mass is 10.6. The van der Waals surface area contributed by atoms with Gasteiger partial charge >= 0.3 is 6.09 Å². The third-order valence-corrected chi connectivity index (χ3v) is 1.93. The van der Waals surface area contributed by atoms with Gasteiger partial charge in [0.2, 0.25) is 3.79 Å². The minimum Gasteiger partial charge on any atom is -0.450 e. The van der Waals surface area contributed by atoms with E-state index in [-0.39, 0.29) is 19.1 Å². The zero-order valence-corrected chi connectivity index (χ0v) is 11.0. The summed E-state index contributed by atoms with van der Waals surface area (Å²) in [5.41, 5.74) is 0. The Bertz CT molecular complexity index is 197. The smallest absolute Gasteiger partial charge is 0.409 e. The topological polar surface area (TPSA) is 47.6 Å². The number of amides is 1. The van der Waals surface area contributed by atoms with Gasteiger partial charge in [-0.1, -0.05) is 34.8 Å². The minimum atomic E-state index is -1.78. The molecule has 0 rings (SSSR count). The maximum atomic E-state index is 11.0. The summed E-state index contributed by atoms with van der Waals surface area (Å²) in [7, 11) is 0. The molecule has 0 aliphatic rings. The highest BCUT2D eigenvalue weighted by molar-refractivity contribution is 6.68. The lowest BCUT2D eigenvalue weighted by Gasteiger charge is -2.24. The van der Waals surface area contributed by atoms with Crippen LogP contribution in [-0.2, 0) is 9.47 Å². The van der Waals surface area contributed by atoms with Gasteiger partial charge in [0, 0.05) is 5.88 Å². The van der Waals surface area contributed by atoms with Crippen molar-refractivity contribution >= 4 is 52.5 Å². The molecule has 0 spiro atoms.